The van der Waals surface area contributed by atoms with Crippen LogP contribution in [0.25, 0.3) is 185 Å². The summed E-state index contributed by atoms with van der Waals surface area (Å²) in [5.74, 6) is 3.97. The predicted octanol–water partition coefficient (Wildman–Crippen LogP) is 23.8. The molecular weight excluding hydrogens is 1310 g/mol. The highest BCUT2D eigenvalue weighted by atomic mass is 35.5. The third-order valence-electron chi connectivity index (χ3n) is 18.6. The second-order valence-corrected chi connectivity index (χ2v) is 25.6. The Morgan fingerprint density at radius 3 is 1.05 bits per heavy atom. The quantitative estimate of drug-likeness (QED) is 0.133. The van der Waals surface area contributed by atoms with Crippen molar-refractivity contribution in [2.75, 3.05) is 0 Å². The number of nitrogens with one attached hydrogen (secondary N) is 1. The van der Waals surface area contributed by atoms with E-state index in [1.165, 1.54) is 10.8 Å². The van der Waals surface area contributed by atoms with E-state index in [0.717, 1.165) is 127 Å². The average molecular weight is 1370 g/mol. The number of H-pyrrole nitrogens is 1. The minimum absolute atomic E-state index is 0.176. The molecule has 1 N–H and O–H groups in total. The lowest BCUT2D eigenvalue weighted by molar-refractivity contribution is 0.619. The maximum Gasteiger partial charge on any atom is 0.238 e. The van der Waals surface area contributed by atoms with E-state index in [1.807, 2.05) is 158 Å². The lowest BCUT2D eigenvalue weighted by Crippen LogP contribution is -2.06. The van der Waals surface area contributed by atoms with E-state index in [2.05, 4.69) is 214 Å². The maximum absolute atomic E-state index is 6.37. The molecule has 20 rings (SSSR count). The summed E-state index contributed by atoms with van der Waals surface area (Å²) in [6.07, 6.45) is 0. The van der Waals surface area contributed by atoms with Crippen molar-refractivity contribution in [3.63, 3.8) is 0 Å². The number of halogens is 1. The highest BCUT2D eigenvalue weighted by molar-refractivity contribution is 6.28. The summed E-state index contributed by atoms with van der Waals surface area (Å²) in [6.45, 7) is 0. The Labute approximate surface area is 608 Å². The molecule has 6 heterocycles. The fourth-order valence-corrected chi connectivity index (χ4v) is 13.7. The molecule has 105 heavy (non-hydrogen) atoms. The zero-order valence-corrected chi connectivity index (χ0v) is 57.0. The molecule has 0 radical (unpaired) electrons. The van der Waals surface area contributed by atoms with Crippen LogP contribution < -0.4 is 0 Å². The maximum atomic E-state index is 6.37. The number of nitrogens with zero attached hydrogens (tertiary/aromatic N) is 9. The first-order valence-electron chi connectivity index (χ1n) is 34.5. The minimum atomic E-state index is 0.176. The zero-order valence-electron chi connectivity index (χ0n) is 56.2. The number of para-hydroxylation sites is 2. The van der Waals surface area contributed by atoms with Gasteiger partial charge in [-0.15, -0.1) is 0 Å². The summed E-state index contributed by atoms with van der Waals surface area (Å²) in [5.41, 5.74) is 21.5. The van der Waals surface area contributed by atoms with Gasteiger partial charge in [0, 0.05) is 60.4 Å². The Kier molecular flexibility index (Phi) is 16.7. The molecule has 14 aromatic carbocycles. The van der Waals surface area contributed by atoms with E-state index in [1.54, 1.807) is 0 Å². The van der Waals surface area contributed by atoms with Crippen molar-refractivity contribution in [3.05, 3.63) is 357 Å². The van der Waals surface area contributed by atoms with Crippen LogP contribution in [0, 0.1) is 0 Å². The van der Waals surface area contributed by atoms with Crippen molar-refractivity contribution in [2.45, 2.75) is 0 Å². The molecule has 0 bridgehead atoms. The summed E-state index contributed by atoms with van der Waals surface area (Å²) in [7, 11) is 0. The molecule has 0 aliphatic heterocycles. The van der Waals surface area contributed by atoms with Crippen LogP contribution in [0.4, 0.5) is 0 Å². The summed E-state index contributed by atoms with van der Waals surface area (Å²) < 4.78 is 14.4. The lowest BCUT2D eigenvalue weighted by Gasteiger charge is -2.12. The SMILES string of the molecule is Clc1nc(-c2cccc(-c3ccccc3)c2)nc(-c2cccc(-c3ccccc3)c2)n1.c1ccc(-c2cccc(-c3nc(-c4cccc(-c5ccccc5)c4)nc(-n4c5ccccc5c5ccc6oc(-c7ccccc7)nc6c54)n3)c2)cc1.c1ccc(-c2nc3c(ccc4c5ccccc5[nH]c43)o2)cc1. The summed E-state index contributed by atoms with van der Waals surface area (Å²) in [4.78, 5) is 42.4. The lowest BCUT2D eigenvalue weighted by atomic mass is 10.0. The highest BCUT2D eigenvalue weighted by Gasteiger charge is 2.24. The van der Waals surface area contributed by atoms with Gasteiger partial charge >= 0.3 is 0 Å². The van der Waals surface area contributed by atoms with Gasteiger partial charge in [-0.2, -0.15) is 19.9 Å². The molecule has 0 atom stereocenters. The smallest absolute Gasteiger partial charge is 0.238 e. The van der Waals surface area contributed by atoms with Gasteiger partial charge in [0.1, 0.15) is 11.0 Å². The van der Waals surface area contributed by atoms with Crippen LogP contribution in [0.3, 0.4) is 0 Å². The third-order valence-corrected chi connectivity index (χ3v) is 18.8. The standard InChI is InChI=1S/C46H29N5O.C27H18ClN3.C19H12N2O/c1-4-14-30(15-5-1)33-20-12-22-35(28-33)43-48-44(36-23-13-21-34(29-36)31-16-6-2-7-17-31)50-46(49-43)51-39-25-11-10-24-37(39)38-26-27-40-41(42(38)51)47-45(52-40)32-18-8-3-9-19-32;28-27-30-25(23-15-7-13-21(17-23)19-9-3-1-4-10-19)29-26(31-27)24-16-8-14-22(18-24)20-11-5-2-6-12-20;1-2-6-12(7-3-1)19-21-18-16(22-19)11-10-14-13-8-4-5-9-15(13)20-17(14)18/h1-29H;1-18H;1-11,20H. The Balaban J connectivity index is 0.000000124. The van der Waals surface area contributed by atoms with Crippen molar-refractivity contribution in [1.82, 2.24) is 49.4 Å². The molecule has 0 spiro atoms. The Morgan fingerprint density at radius 2 is 0.600 bits per heavy atom. The summed E-state index contributed by atoms with van der Waals surface area (Å²) in [5, 5.41) is 4.68. The van der Waals surface area contributed by atoms with Gasteiger partial charge in [-0.05, 0) is 141 Å². The molecule has 0 aliphatic rings. The Morgan fingerprint density at radius 1 is 0.257 bits per heavy atom. The fraction of sp³-hybridized carbons (Fsp3) is 0. The number of fused-ring (bicyclic) bond motifs is 10. The second-order valence-electron chi connectivity index (χ2n) is 25.3. The number of oxazole rings is 2. The molecule has 13 heteroatoms. The van der Waals surface area contributed by atoms with E-state index in [0.29, 0.717) is 46.6 Å². The van der Waals surface area contributed by atoms with E-state index in [4.69, 9.17) is 50.3 Å². The van der Waals surface area contributed by atoms with Crippen LogP contribution >= 0.6 is 11.6 Å². The van der Waals surface area contributed by atoms with E-state index < -0.39 is 0 Å². The van der Waals surface area contributed by atoms with Gasteiger partial charge < -0.3 is 13.8 Å². The van der Waals surface area contributed by atoms with Gasteiger partial charge in [-0.25, -0.2) is 19.9 Å². The molecular formula is C92H59ClN10O2. The normalized spacial score (nSPS) is 11.3. The van der Waals surface area contributed by atoms with Crippen LogP contribution in [0.1, 0.15) is 0 Å². The van der Waals surface area contributed by atoms with Crippen LogP contribution in [-0.4, -0.2) is 49.4 Å². The van der Waals surface area contributed by atoms with E-state index in [9.17, 15) is 0 Å². The molecule has 6 aromatic heterocycles. The van der Waals surface area contributed by atoms with Crippen LogP contribution in [0.15, 0.2) is 361 Å². The summed E-state index contributed by atoms with van der Waals surface area (Å²) in [6, 6.07) is 119. The number of aromatic amines is 1. The van der Waals surface area contributed by atoms with Gasteiger partial charge in [0.25, 0.3) is 0 Å². The number of benzene rings is 14. The van der Waals surface area contributed by atoms with Gasteiger partial charge in [-0.3, -0.25) is 4.57 Å². The molecule has 0 aliphatic carbocycles. The van der Waals surface area contributed by atoms with E-state index in [-0.39, 0.29) is 5.28 Å². The van der Waals surface area contributed by atoms with Gasteiger partial charge in [-0.1, -0.05) is 267 Å². The first-order chi connectivity index (χ1) is 51.9. The molecule has 0 unspecified atom stereocenters. The zero-order chi connectivity index (χ0) is 70.0. The van der Waals surface area contributed by atoms with Gasteiger partial charge in [0.05, 0.1) is 16.6 Å². The van der Waals surface area contributed by atoms with E-state index >= 15 is 0 Å². The summed E-state index contributed by atoms with van der Waals surface area (Å²) >= 11 is 6.30. The molecule has 496 valence electrons. The Bertz CT molecular complexity index is 6340. The second kappa shape index (κ2) is 27.8. The average Bonchev–Trinajstić information content (AvgIpc) is 1.53. The number of hydrogen-bond acceptors (Lipinski definition) is 10. The number of rotatable bonds is 11. The van der Waals surface area contributed by atoms with Crippen LogP contribution in [0.2, 0.25) is 5.28 Å². The minimum Gasteiger partial charge on any atom is -0.436 e. The number of aromatic nitrogens is 10. The third kappa shape index (κ3) is 12.7. The van der Waals surface area contributed by atoms with Gasteiger partial charge in [0.15, 0.2) is 34.5 Å². The Hall–Kier alpha value is -14.1. The van der Waals surface area contributed by atoms with Gasteiger partial charge in [0.2, 0.25) is 23.0 Å². The molecule has 0 fully saturated rings. The molecule has 0 amide bonds. The molecule has 20 aromatic rings. The fourth-order valence-electron chi connectivity index (χ4n) is 13.6. The monoisotopic (exact) mass is 1370 g/mol. The predicted molar refractivity (Wildman–Crippen MR) is 424 cm³/mol. The highest BCUT2D eigenvalue weighted by Crippen LogP contribution is 2.40. The van der Waals surface area contributed by atoms with Crippen LogP contribution in [-0.2, 0) is 0 Å². The molecule has 12 nitrogen and oxygen atoms in total. The first kappa shape index (κ1) is 63.1. The molecule has 0 saturated carbocycles. The van der Waals surface area contributed by atoms with Crippen molar-refractivity contribution in [2.24, 2.45) is 0 Å². The van der Waals surface area contributed by atoms with Crippen molar-refractivity contribution < 1.29 is 8.83 Å². The largest absolute Gasteiger partial charge is 0.436 e. The van der Waals surface area contributed by atoms with Crippen molar-refractivity contribution in [3.8, 4) is 119 Å². The topological polar surface area (TPSA) is 150 Å². The van der Waals surface area contributed by atoms with Crippen molar-refractivity contribution >= 4 is 77.4 Å². The first-order valence-corrected chi connectivity index (χ1v) is 34.9. The molecule has 0 saturated heterocycles. The van der Waals surface area contributed by atoms with Crippen LogP contribution in [0.5, 0.6) is 0 Å². The van der Waals surface area contributed by atoms with Crippen molar-refractivity contribution in [1.29, 1.82) is 0 Å². The number of hydrogen-bond donors (Lipinski definition) is 1.